The summed E-state index contributed by atoms with van der Waals surface area (Å²) >= 11 is 0. The molecule has 0 amide bonds. The Morgan fingerprint density at radius 1 is 1.00 bits per heavy atom. The van der Waals surface area contributed by atoms with Crippen LogP contribution < -0.4 is 0 Å². The Balaban J connectivity index is 1.86. The summed E-state index contributed by atoms with van der Waals surface area (Å²) in [5.74, 6) is 0. The molecule has 0 spiro atoms. The highest BCUT2D eigenvalue weighted by Gasteiger charge is 2.28. The molecular weight excluding hydrogens is 318 g/mol. The molecule has 3 rings (SSSR count). The fraction of sp³-hybridized carbons (Fsp3) is 0.400. The fourth-order valence-electron chi connectivity index (χ4n) is 3.11. The second kappa shape index (κ2) is 6.34. The Bertz CT molecular complexity index is 823. The maximum absolute atomic E-state index is 13.0. The minimum atomic E-state index is -3.44. The molecule has 0 bridgehead atoms. The summed E-state index contributed by atoms with van der Waals surface area (Å²) in [6.07, 6.45) is 1.79. The highest BCUT2D eigenvalue weighted by atomic mass is 32.2. The molecule has 0 unspecified atom stereocenters. The zero-order chi connectivity index (χ0) is 17.4. The van der Waals surface area contributed by atoms with Gasteiger partial charge in [-0.25, -0.2) is 8.42 Å². The third-order valence-corrected chi connectivity index (χ3v) is 7.11. The van der Waals surface area contributed by atoms with Gasteiger partial charge in [0.05, 0.1) is 4.90 Å². The van der Waals surface area contributed by atoms with Crippen LogP contribution in [-0.2, 0) is 28.4 Å². The van der Waals surface area contributed by atoms with Crippen LogP contribution in [0.25, 0.3) is 0 Å². The first-order valence-electron chi connectivity index (χ1n) is 8.52. The smallest absolute Gasteiger partial charge is 0.207 e. The molecule has 0 saturated heterocycles. The number of nitrogens with zero attached hydrogens (tertiary/aromatic N) is 1. The summed E-state index contributed by atoms with van der Waals surface area (Å²) in [4.78, 5) is 0.387. The van der Waals surface area contributed by atoms with Crippen LogP contribution >= 0.6 is 0 Å². The van der Waals surface area contributed by atoms with Crippen molar-refractivity contribution in [2.45, 2.75) is 50.5 Å². The van der Waals surface area contributed by atoms with Gasteiger partial charge in [0.1, 0.15) is 0 Å². The van der Waals surface area contributed by atoms with Gasteiger partial charge in [-0.3, -0.25) is 0 Å². The van der Waals surface area contributed by atoms with Crippen molar-refractivity contribution in [1.82, 2.24) is 4.31 Å². The topological polar surface area (TPSA) is 37.4 Å². The SMILES string of the molecule is CCC(C)(C)c1ccc(S(=O)(=O)N2CCc3ccccc3C2)cc1. The van der Waals surface area contributed by atoms with E-state index in [0.717, 1.165) is 18.4 Å². The van der Waals surface area contributed by atoms with Crippen molar-refractivity contribution in [1.29, 1.82) is 0 Å². The van der Waals surface area contributed by atoms with E-state index in [0.29, 0.717) is 18.0 Å². The van der Waals surface area contributed by atoms with Gasteiger partial charge in [0, 0.05) is 13.1 Å². The normalized spacial score (nSPS) is 16.0. The molecule has 1 aliphatic heterocycles. The van der Waals surface area contributed by atoms with Gasteiger partial charge in [0.2, 0.25) is 10.0 Å². The maximum atomic E-state index is 13.0. The average molecular weight is 343 g/mol. The monoisotopic (exact) mass is 343 g/mol. The molecular formula is C20H25NO2S. The van der Waals surface area contributed by atoms with Crippen molar-refractivity contribution >= 4 is 10.0 Å². The van der Waals surface area contributed by atoms with Crippen molar-refractivity contribution in [3.63, 3.8) is 0 Å². The molecule has 0 radical (unpaired) electrons. The van der Waals surface area contributed by atoms with Gasteiger partial charge in [0.15, 0.2) is 0 Å². The number of benzene rings is 2. The second-order valence-electron chi connectivity index (χ2n) is 7.12. The molecule has 0 N–H and O–H groups in total. The van der Waals surface area contributed by atoms with Gasteiger partial charge < -0.3 is 0 Å². The average Bonchev–Trinajstić information content (AvgIpc) is 2.61. The van der Waals surface area contributed by atoms with Crippen molar-refractivity contribution in [2.24, 2.45) is 0 Å². The second-order valence-corrected chi connectivity index (χ2v) is 9.06. The summed E-state index contributed by atoms with van der Waals surface area (Å²) < 4.78 is 27.5. The van der Waals surface area contributed by atoms with E-state index in [-0.39, 0.29) is 5.41 Å². The van der Waals surface area contributed by atoms with E-state index in [1.54, 1.807) is 16.4 Å². The van der Waals surface area contributed by atoms with Crippen molar-refractivity contribution < 1.29 is 8.42 Å². The largest absolute Gasteiger partial charge is 0.243 e. The Kier molecular flexibility index (Phi) is 4.54. The lowest BCUT2D eigenvalue weighted by Gasteiger charge is -2.28. The summed E-state index contributed by atoms with van der Waals surface area (Å²) in [7, 11) is -3.44. The van der Waals surface area contributed by atoms with Crippen LogP contribution in [0.2, 0.25) is 0 Å². The molecule has 2 aromatic rings. The highest BCUT2D eigenvalue weighted by molar-refractivity contribution is 7.89. The quantitative estimate of drug-likeness (QED) is 0.837. The summed E-state index contributed by atoms with van der Waals surface area (Å²) in [5.41, 5.74) is 3.60. The van der Waals surface area contributed by atoms with E-state index in [4.69, 9.17) is 0 Å². The van der Waals surface area contributed by atoms with Gasteiger partial charge in [-0.1, -0.05) is 57.2 Å². The summed E-state index contributed by atoms with van der Waals surface area (Å²) in [5, 5.41) is 0. The van der Waals surface area contributed by atoms with Crippen LogP contribution in [-0.4, -0.2) is 19.3 Å². The first kappa shape index (κ1) is 17.2. The summed E-state index contributed by atoms with van der Waals surface area (Å²) in [6, 6.07) is 15.5. The molecule has 4 heteroatoms. The first-order valence-corrected chi connectivity index (χ1v) is 9.96. The molecule has 24 heavy (non-hydrogen) atoms. The molecule has 0 aromatic heterocycles. The Labute approximate surface area is 145 Å². The first-order chi connectivity index (χ1) is 11.3. The predicted octanol–water partition coefficient (Wildman–Crippen LogP) is 4.12. The fourth-order valence-corrected chi connectivity index (χ4v) is 4.53. The molecule has 128 valence electrons. The summed E-state index contributed by atoms with van der Waals surface area (Å²) in [6.45, 7) is 7.51. The molecule has 3 nitrogen and oxygen atoms in total. The highest BCUT2D eigenvalue weighted by Crippen LogP contribution is 2.29. The number of sulfonamides is 1. The third-order valence-electron chi connectivity index (χ3n) is 5.25. The van der Waals surface area contributed by atoms with Crippen molar-refractivity contribution in [2.75, 3.05) is 6.54 Å². The van der Waals surface area contributed by atoms with E-state index in [1.165, 1.54) is 11.1 Å². The van der Waals surface area contributed by atoms with Crippen LogP contribution in [0.15, 0.2) is 53.4 Å². The van der Waals surface area contributed by atoms with Gasteiger partial charge in [-0.15, -0.1) is 0 Å². The predicted molar refractivity (Wildman–Crippen MR) is 97.5 cm³/mol. The molecule has 1 aliphatic rings. The lowest BCUT2D eigenvalue weighted by Crippen LogP contribution is -2.35. The van der Waals surface area contributed by atoms with E-state index >= 15 is 0 Å². The number of hydrogen-bond acceptors (Lipinski definition) is 2. The Morgan fingerprint density at radius 3 is 2.25 bits per heavy atom. The number of fused-ring (bicyclic) bond motifs is 1. The van der Waals surface area contributed by atoms with E-state index in [9.17, 15) is 8.42 Å². The molecule has 0 atom stereocenters. The lowest BCUT2D eigenvalue weighted by molar-refractivity contribution is 0.391. The molecule has 0 fully saturated rings. The van der Waals surface area contributed by atoms with Crippen molar-refractivity contribution in [3.05, 3.63) is 65.2 Å². The molecule has 2 aromatic carbocycles. The Morgan fingerprint density at radius 2 is 1.62 bits per heavy atom. The minimum Gasteiger partial charge on any atom is -0.207 e. The lowest BCUT2D eigenvalue weighted by atomic mass is 9.82. The minimum absolute atomic E-state index is 0.0619. The van der Waals surface area contributed by atoms with E-state index < -0.39 is 10.0 Å². The van der Waals surface area contributed by atoms with Gasteiger partial charge in [0.25, 0.3) is 0 Å². The molecule has 0 aliphatic carbocycles. The van der Waals surface area contributed by atoms with Crippen LogP contribution in [0.3, 0.4) is 0 Å². The Hall–Kier alpha value is -1.65. The molecule has 1 heterocycles. The van der Waals surface area contributed by atoms with Gasteiger partial charge in [-0.2, -0.15) is 4.31 Å². The van der Waals surface area contributed by atoms with Gasteiger partial charge >= 0.3 is 0 Å². The van der Waals surface area contributed by atoms with Crippen LogP contribution in [0.1, 0.15) is 43.9 Å². The van der Waals surface area contributed by atoms with Gasteiger partial charge in [-0.05, 0) is 47.1 Å². The third kappa shape index (κ3) is 3.13. The number of rotatable bonds is 4. The van der Waals surface area contributed by atoms with E-state index in [2.05, 4.69) is 26.8 Å². The van der Waals surface area contributed by atoms with E-state index in [1.807, 2.05) is 30.3 Å². The van der Waals surface area contributed by atoms with Crippen LogP contribution in [0, 0.1) is 0 Å². The standard InChI is InChI=1S/C20H25NO2S/c1-4-20(2,3)18-9-11-19(12-10-18)24(22,23)21-14-13-16-7-5-6-8-17(16)15-21/h5-12H,4,13-15H2,1-3H3. The maximum Gasteiger partial charge on any atom is 0.243 e. The van der Waals surface area contributed by atoms with Crippen LogP contribution in [0.4, 0.5) is 0 Å². The zero-order valence-electron chi connectivity index (χ0n) is 14.6. The van der Waals surface area contributed by atoms with Crippen molar-refractivity contribution in [3.8, 4) is 0 Å². The zero-order valence-corrected chi connectivity index (χ0v) is 15.4. The number of hydrogen-bond donors (Lipinski definition) is 0. The van der Waals surface area contributed by atoms with Crippen LogP contribution in [0.5, 0.6) is 0 Å². The molecule has 0 saturated carbocycles.